The predicted octanol–water partition coefficient (Wildman–Crippen LogP) is 6.58. The zero-order chi connectivity index (χ0) is 32.2. The Morgan fingerprint density at radius 3 is 2.34 bits per heavy atom. The van der Waals surface area contributed by atoms with Gasteiger partial charge in [-0.25, -0.2) is 27.7 Å². The number of carbonyl (C=O) groups is 2. The number of carboxylic acid groups (broad SMARTS) is 1. The number of carbonyl (C=O) groups excluding carboxylic acids is 1. The van der Waals surface area contributed by atoms with E-state index in [1.54, 1.807) is 51.4 Å². The van der Waals surface area contributed by atoms with E-state index in [-0.39, 0.29) is 28.9 Å². The molecule has 0 unspecified atom stereocenters. The molecule has 0 saturated heterocycles. The molecule has 44 heavy (non-hydrogen) atoms. The Labute approximate surface area is 263 Å². The largest absolute Gasteiger partial charge is 0.465 e. The molecule has 1 atom stereocenters. The van der Waals surface area contributed by atoms with E-state index in [1.807, 2.05) is 32.9 Å². The Hall–Kier alpha value is -3.55. The highest BCUT2D eigenvalue weighted by atomic mass is 32.2. The number of thiazole rings is 1. The van der Waals surface area contributed by atoms with Gasteiger partial charge in [0, 0.05) is 47.2 Å². The first-order valence-corrected chi connectivity index (χ1v) is 17.1. The van der Waals surface area contributed by atoms with Gasteiger partial charge in [0.25, 0.3) is 0 Å². The molecule has 2 aromatic heterocycles. The van der Waals surface area contributed by atoms with Crippen molar-refractivity contribution in [1.29, 1.82) is 0 Å². The van der Waals surface area contributed by atoms with Crippen LogP contribution in [0, 0.1) is 0 Å². The van der Waals surface area contributed by atoms with Gasteiger partial charge in [-0.2, -0.15) is 0 Å². The first kappa shape index (κ1) is 33.3. The van der Waals surface area contributed by atoms with E-state index < -0.39 is 27.7 Å². The number of hydrogen-bond acceptors (Lipinski definition) is 7. The molecule has 1 fully saturated rings. The summed E-state index contributed by atoms with van der Waals surface area (Å²) in [7, 11) is -3.98. The molecule has 3 amide bonds. The number of pyridine rings is 1. The quantitative estimate of drug-likeness (QED) is 0.206. The molecular formula is C31H42N6O5S2. The third-order valence-corrected chi connectivity index (χ3v) is 10.4. The molecule has 1 aromatic carbocycles. The van der Waals surface area contributed by atoms with Gasteiger partial charge < -0.3 is 20.6 Å². The molecule has 4 rings (SSSR count). The summed E-state index contributed by atoms with van der Waals surface area (Å²) < 4.78 is 30.0. The second kappa shape index (κ2) is 13.6. The van der Waals surface area contributed by atoms with Gasteiger partial charge in [0.1, 0.15) is 0 Å². The van der Waals surface area contributed by atoms with E-state index in [9.17, 15) is 23.1 Å². The molecule has 13 heteroatoms. The SMILES string of the molecule is CC(C)N(C(=O)O)C1CCC(c2ncc(-c3ccc(NC(=O)N[C@H](C)c4ccccn4)cc3S(=O)(=O)NC(C)(C)C)s2)CC1. The second-order valence-corrected chi connectivity index (χ2v) is 15.2. The van der Waals surface area contributed by atoms with Crippen LogP contribution < -0.4 is 15.4 Å². The maximum absolute atomic E-state index is 13.6. The minimum Gasteiger partial charge on any atom is -0.465 e. The molecule has 3 aromatic rings. The van der Waals surface area contributed by atoms with Crippen LogP contribution in [0.5, 0.6) is 0 Å². The summed E-state index contributed by atoms with van der Waals surface area (Å²) in [6, 6.07) is 9.32. The van der Waals surface area contributed by atoms with Crippen molar-refractivity contribution >= 4 is 39.2 Å². The Morgan fingerprint density at radius 1 is 1.05 bits per heavy atom. The minimum absolute atomic E-state index is 0.0208. The lowest BCUT2D eigenvalue weighted by molar-refractivity contribution is 0.0906. The minimum atomic E-state index is -3.98. The van der Waals surface area contributed by atoms with Crippen molar-refractivity contribution in [1.82, 2.24) is 24.9 Å². The lowest BCUT2D eigenvalue weighted by Gasteiger charge is -2.37. The van der Waals surface area contributed by atoms with Gasteiger partial charge in [0.2, 0.25) is 10.0 Å². The fourth-order valence-electron chi connectivity index (χ4n) is 5.55. The normalized spacial score (nSPS) is 18.1. The van der Waals surface area contributed by atoms with Crippen LogP contribution in [0.25, 0.3) is 10.4 Å². The average molecular weight is 643 g/mol. The third kappa shape index (κ3) is 8.33. The fourth-order valence-corrected chi connectivity index (χ4v) is 8.41. The number of nitrogens with zero attached hydrogens (tertiary/aromatic N) is 3. The lowest BCUT2D eigenvalue weighted by atomic mass is 9.85. The fraction of sp³-hybridized carbons (Fsp3) is 0.484. The number of urea groups is 1. The average Bonchev–Trinajstić information content (AvgIpc) is 3.42. The highest BCUT2D eigenvalue weighted by Gasteiger charge is 2.32. The van der Waals surface area contributed by atoms with Crippen molar-refractivity contribution in [3.63, 3.8) is 0 Å². The van der Waals surface area contributed by atoms with E-state index >= 15 is 0 Å². The van der Waals surface area contributed by atoms with Crippen LogP contribution >= 0.6 is 11.3 Å². The van der Waals surface area contributed by atoms with E-state index in [4.69, 9.17) is 0 Å². The van der Waals surface area contributed by atoms with Crippen molar-refractivity contribution in [2.75, 3.05) is 5.32 Å². The predicted molar refractivity (Wildman–Crippen MR) is 172 cm³/mol. The van der Waals surface area contributed by atoms with Gasteiger partial charge in [-0.15, -0.1) is 11.3 Å². The molecule has 1 aliphatic rings. The Kier molecular flexibility index (Phi) is 10.3. The summed E-state index contributed by atoms with van der Waals surface area (Å²) in [6.07, 6.45) is 5.57. The van der Waals surface area contributed by atoms with Crippen LogP contribution in [0.3, 0.4) is 0 Å². The van der Waals surface area contributed by atoms with Gasteiger partial charge in [0.05, 0.1) is 26.5 Å². The van der Waals surface area contributed by atoms with Gasteiger partial charge >= 0.3 is 12.1 Å². The first-order chi connectivity index (χ1) is 20.6. The topological polar surface area (TPSA) is 154 Å². The van der Waals surface area contributed by atoms with Crippen LogP contribution in [0.4, 0.5) is 15.3 Å². The number of aromatic nitrogens is 2. The molecule has 0 bridgehead atoms. The summed E-state index contributed by atoms with van der Waals surface area (Å²) >= 11 is 1.45. The molecule has 0 aliphatic heterocycles. The van der Waals surface area contributed by atoms with E-state index in [2.05, 4.69) is 25.3 Å². The zero-order valence-electron chi connectivity index (χ0n) is 26.0. The monoisotopic (exact) mass is 642 g/mol. The zero-order valence-corrected chi connectivity index (χ0v) is 27.6. The maximum Gasteiger partial charge on any atom is 0.407 e. The lowest BCUT2D eigenvalue weighted by Crippen LogP contribution is -2.45. The molecule has 4 N–H and O–H groups in total. The van der Waals surface area contributed by atoms with Crippen molar-refractivity contribution in [2.45, 2.75) is 102 Å². The van der Waals surface area contributed by atoms with E-state index in [0.717, 1.165) is 30.7 Å². The van der Waals surface area contributed by atoms with Crippen molar-refractivity contribution in [3.05, 3.63) is 59.5 Å². The number of benzene rings is 1. The number of amides is 3. The smallest absolute Gasteiger partial charge is 0.407 e. The molecule has 0 radical (unpaired) electrons. The molecule has 2 heterocycles. The Bertz CT molecular complexity index is 1560. The van der Waals surface area contributed by atoms with Crippen molar-refractivity contribution in [3.8, 4) is 10.4 Å². The summed E-state index contributed by atoms with van der Waals surface area (Å²) in [4.78, 5) is 35.8. The number of sulfonamides is 1. The summed E-state index contributed by atoms with van der Waals surface area (Å²) in [5, 5.41) is 16.1. The maximum atomic E-state index is 13.6. The van der Waals surface area contributed by atoms with E-state index in [0.29, 0.717) is 21.8 Å². The molecule has 1 saturated carbocycles. The number of anilines is 1. The van der Waals surface area contributed by atoms with Gasteiger partial charge in [0.15, 0.2) is 0 Å². The molecular weight excluding hydrogens is 601 g/mol. The summed E-state index contributed by atoms with van der Waals surface area (Å²) in [6.45, 7) is 10.9. The van der Waals surface area contributed by atoms with Gasteiger partial charge in [-0.05, 0) is 91.5 Å². The number of nitrogens with one attached hydrogen (secondary N) is 3. The van der Waals surface area contributed by atoms with Crippen molar-refractivity contribution in [2.24, 2.45) is 0 Å². The van der Waals surface area contributed by atoms with E-state index in [1.165, 1.54) is 22.3 Å². The van der Waals surface area contributed by atoms with Crippen LogP contribution in [0.2, 0.25) is 0 Å². The van der Waals surface area contributed by atoms with Crippen LogP contribution in [0.1, 0.15) is 89.9 Å². The number of hydrogen-bond donors (Lipinski definition) is 4. The van der Waals surface area contributed by atoms with Crippen molar-refractivity contribution < 1.29 is 23.1 Å². The van der Waals surface area contributed by atoms with Crippen LogP contribution in [-0.2, 0) is 10.0 Å². The van der Waals surface area contributed by atoms with Gasteiger partial charge in [-0.1, -0.05) is 12.1 Å². The third-order valence-electron chi connectivity index (χ3n) is 7.45. The first-order valence-electron chi connectivity index (χ1n) is 14.8. The highest BCUT2D eigenvalue weighted by Crippen LogP contribution is 2.41. The number of rotatable bonds is 9. The molecule has 1 aliphatic carbocycles. The Balaban J connectivity index is 1.56. The Morgan fingerprint density at radius 2 is 1.75 bits per heavy atom. The molecule has 0 spiro atoms. The standard InChI is InChI=1S/C31H42N6O5S2/c1-19(2)37(30(39)40)23-13-10-21(11-14-23)28-33-18-26(43-28)24-15-12-22(17-27(24)44(41,42)36-31(4,5)6)35-29(38)34-20(3)25-9-7-8-16-32-25/h7-9,12,15-21,23,36H,10-11,13-14H2,1-6H3,(H,39,40)(H2,34,35,38)/t20-,21?,23?/m1/s1. The summed E-state index contributed by atoms with van der Waals surface area (Å²) in [5.74, 6) is 0.172. The second-order valence-electron chi connectivity index (χ2n) is 12.5. The van der Waals surface area contributed by atoms with Gasteiger partial charge in [-0.3, -0.25) is 4.98 Å². The highest BCUT2D eigenvalue weighted by molar-refractivity contribution is 7.89. The van der Waals surface area contributed by atoms with Crippen LogP contribution in [0.15, 0.2) is 53.7 Å². The summed E-state index contributed by atoms with van der Waals surface area (Å²) in [5.41, 5.74) is 0.782. The molecule has 11 nitrogen and oxygen atoms in total. The molecule has 238 valence electrons. The van der Waals surface area contributed by atoms with Crippen LogP contribution in [-0.4, -0.2) is 58.1 Å².